The first-order valence-electron chi connectivity index (χ1n) is 14.6. The van der Waals surface area contributed by atoms with Crippen molar-refractivity contribution in [2.45, 2.75) is 57.3 Å². The van der Waals surface area contributed by atoms with Gasteiger partial charge in [-0.25, -0.2) is 0 Å². The molecule has 206 valence electrons. The van der Waals surface area contributed by atoms with E-state index < -0.39 is 5.41 Å². The van der Waals surface area contributed by atoms with Crippen molar-refractivity contribution in [2.24, 2.45) is 0 Å². The molecule has 0 saturated heterocycles. The van der Waals surface area contributed by atoms with Gasteiger partial charge in [-0.2, -0.15) is 0 Å². The van der Waals surface area contributed by atoms with Crippen molar-refractivity contribution in [2.75, 3.05) is 11.5 Å². The lowest BCUT2D eigenvalue weighted by atomic mass is 9.60. The molecule has 0 radical (unpaired) electrons. The molecule has 0 amide bonds. The van der Waals surface area contributed by atoms with Gasteiger partial charge in [0, 0.05) is 16.8 Å². The highest BCUT2D eigenvalue weighted by Crippen LogP contribution is 2.61. The standard InChI is InChI=1S/C39H40N2/c1-26-27(2)36(41)35(34-33(26)38(5,25-37(34,3)4)28-21-23-32(40)24-22-28)39(29-15-9-6-10-16-29,30-17-11-7-12-18-30)31-19-13-8-14-20-31/h6-24H,25,40-41H2,1-5H3. The van der Waals surface area contributed by atoms with Crippen LogP contribution in [0.5, 0.6) is 0 Å². The Morgan fingerprint density at radius 2 is 1.00 bits per heavy atom. The zero-order valence-electron chi connectivity index (χ0n) is 24.8. The summed E-state index contributed by atoms with van der Waals surface area (Å²) in [6.45, 7) is 11.7. The van der Waals surface area contributed by atoms with E-state index in [1.165, 1.54) is 44.5 Å². The van der Waals surface area contributed by atoms with E-state index in [1.54, 1.807) is 0 Å². The Labute approximate surface area is 245 Å². The molecule has 0 aromatic heterocycles. The Kier molecular flexibility index (Phi) is 6.34. The second-order valence-corrected chi connectivity index (χ2v) is 12.7. The van der Waals surface area contributed by atoms with Gasteiger partial charge < -0.3 is 11.5 Å². The maximum atomic E-state index is 7.41. The highest BCUT2D eigenvalue weighted by molar-refractivity contribution is 5.77. The third-order valence-electron chi connectivity index (χ3n) is 9.68. The number of fused-ring (bicyclic) bond motifs is 1. The molecule has 41 heavy (non-hydrogen) atoms. The highest BCUT2D eigenvalue weighted by Gasteiger charge is 2.53. The van der Waals surface area contributed by atoms with Crippen LogP contribution in [0.15, 0.2) is 115 Å². The van der Waals surface area contributed by atoms with Crippen molar-refractivity contribution in [1.82, 2.24) is 0 Å². The van der Waals surface area contributed by atoms with Gasteiger partial charge in [-0.05, 0) is 87.9 Å². The molecule has 1 atom stereocenters. The van der Waals surface area contributed by atoms with E-state index in [1.807, 2.05) is 12.1 Å². The van der Waals surface area contributed by atoms with Crippen molar-refractivity contribution < 1.29 is 0 Å². The summed E-state index contributed by atoms with van der Waals surface area (Å²) >= 11 is 0. The fourth-order valence-corrected chi connectivity index (χ4v) is 7.94. The molecule has 0 aliphatic heterocycles. The van der Waals surface area contributed by atoms with Crippen LogP contribution in [0.2, 0.25) is 0 Å². The summed E-state index contributed by atoms with van der Waals surface area (Å²) in [6, 6.07) is 41.3. The van der Waals surface area contributed by atoms with Crippen LogP contribution >= 0.6 is 0 Å². The zero-order chi connectivity index (χ0) is 29.0. The summed E-state index contributed by atoms with van der Waals surface area (Å²) in [5.41, 5.74) is 25.6. The number of anilines is 2. The minimum Gasteiger partial charge on any atom is -0.399 e. The molecule has 2 heteroatoms. The smallest absolute Gasteiger partial charge is 0.0724 e. The van der Waals surface area contributed by atoms with Crippen LogP contribution < -0.4 is 11.5 Å². The monoisotopic (exact) mass is 536 g/mol. The topological polar surface area (TPSA) is 52.0 Å². The fraction of sp³-hybridized carbons (Fsp3) is 0.231. The summed E-state index contributed by atoms with van der Waals surface area (Å²) in [5.74, 6) is 0. The number of benzene rings is 5. The molecular weight excluding hydrogens is 496 g/mol. The first-order valence-corrected chi connectivity index (χ1v) is 14.6. The molecule has 1 unspecified atom stereocenters. The van der Waals surface area contributed by atoms with E-state index in [9.17, 15) is 0 Å². The minimum absolute atomic E-state index is 0.142. The molecule has 5 aromatic rings. The Morgan fingerprint density at radius 3 is 1.44 bits per heavy atom. The van der Waals surface area contributed by atoms with Gasteiger partial charge in [0.25, 0.3) is 0 Å². The summed E-state index contributed by atoms with van der Waals surface area (Å²) < 4.78 is 0. The molecule has 0 saturated carbocycles. The maximum Gasteiger partial charge on any atom is 0.0724 e. The average molecular weight is 537 g/mol. The second kappa shape index (κ2) is 9.66. The van der Waals surface area contributed by atoms with Crippen molar-refractivity contribution >= 4 is 11.4 Å². The Bertz CT molecular complexity index is 1610. The largest absolute Gasteiger partial charge is 0.399 e. The second-order valence-electron chi connectivity index (χ2n) is 12.7. The summed E-state index contributed by atoms with van der Waals surface area (Å²) in [5, 5.41) is 0. The van der Waals surface area contributed by atoms with Crippen molar-refractivity contribution in [1.29, 1.82) is 0 Å². The van der Waals surface area contributed by atoms with E-state index in [-0.39, 0.29) is 10.8 Å². The van der Waals surface area contributed by atoms with E-state index in [0.717, 1.165) is 23.4 Å². The molecule has 0 bridgehead atoms. The molecule has 6 rings (SSSR count). The highest BCUT2D eigenvalue weighted by atomic mass is 14.6. The molecule has 2 nitrogen and oxygen atoms in total. The summed E-state index contributed by atoms with van der Waals surface area (Å²) in [7, 11) is 0. The molecule has 4 N–H and O–H groups in total. The zero-order valence-corrected chi connectivity index (χ0v) is 24.8. The lowest BCUT2D eigenvalue weighted by Gasteiger charge is -2.42. The van der Waals surface area contributed by atoms with Crippen LogP contribution in [-0.4, -0.2) is 0 Å². The number of hydrogen-bond acceptors (Lipinski definition) is 2. The number of nitrogen functional groups attached to an aromatic ring is 2. The fourth-order valence-electron chi connectivity index (χ4n) is 7.94. The van der Waals surface area contributed by atoms with Gasteiger partial charge in [0.05, 0.1) is 5.41 Å². The molecule has 0 heterocycles. The SMILES string of the molecule is Cc1c(C)c2c(c(C(c3ccccc3)(c3ccccc3)c3ccccc3)c1N)C(C)(C)CC2(C)c1ccc(N)cc1. The van der Waals surface area contributed by atoms with Gasteiger partial charge in [0.15, 0.2) is 0 Å². The summed E-state index contributed by atoms with van der Waals surface area (Å²) in [6.07, 6.45) is 0.977. The quantitative estimate of drug-likeness (QED) is 0.174. The van der Waals surface area contributed by atoms with Crippen molar-refractivity contribution in [3.8, 4) is 0 Å². The van der Waals surface area contributed by atoms with Gasteiger partial charge >= 0.3 is 0 Å². The maximum absolute atomic E-state index is 7.41. The molecule has 0 spiro atoms. The number of hydrogen-bond donors (Lipinski definition) is 2. The van der Waals surface area contributed by atoms with Crippen molar-refractivity contribution in [3.05, 3.63) is 165 Å². The van der Waals surface area contributed by atoms with Crippen LogP contribution in [0, 0.1) is 13.8 Å². The van der Waals surface area contributed by atoms with Crippen molar-refractivity contribution in [3.63, 3.8) is 0 Å². The number of nitrogens with two attached hydrogens (primary N) is 2. The predicted octanol–water partition coefficient (Wildman–Crippen LogP) is 8.84. The Balaban J connectivity index is 1.84. The molecule has 5 aromatic carbocycles. The Hall–Kier alpha value is -4.30. The van der Waals surface area contributed by atoms with Gasteiger partial charge in [-0.15, -0.1) is 0 Å². The van der Waals surface area contributed by atoms with Gasteiger partial charge in [0.1, 0.15) is 0 Å². The third kappa shape index (κ3) is 3.92. The molecule has 1 aliphatic carbocycles. The van der Waals surface area contributed by atoms with Crippen LogP contribution in [0.3, 0.4) is 0 Å². The van der Waals surface area contributed by atoms with Crippen LogP contribution in [0.1, 0.15) is 77.3 Å². The predicted molar refractivity (Wildman–Crippen MR) is 174 cm³/mol. The first kappa shape index (κ1) is 26.9. The normalized spacial score (nSPS) is 17.8. The van der Waals surface area contributed by atoms with Crippen LogP contribution in [0.25, 0.3) is 0 Å². The first-order chi connectivity index (χ1) is 19.6. The number of rotatable bonds is 5. The third-order valence-corrected chi connectivity index (χ3v) is 9.68. The molecule has 1 aliphatic rings. The van der Waals surface area contributed by atoms with Crippen LogP contribution in [-0.2, 0) is 16.2 Å². The molecule has 0 fully saturated rings. The lowest BCUT2D eigenvalue weighted by Crippen LogP contribution is -2.35. The van der Waals surface area contributed by atoms with Gasteiger partial charge in [-0.3, -0.25) is 0 Å². The van der Waals surface area contributed by atoms with Crippen LogP contribution in [0.4, 0.5) is 11.4 Å². The minimum atomic E-state index is -0.611. The van der Waals surface area contributed by atoms with E-state index in [2.05, 4.69) is 138 Å². The van der Waals surface area contributed by atoms with E-state index >= 15 is 0 Å². The molecular formula is C39H40N2. The van der Waals surface area contributed by atoms with Gasteiger partial charge in [-0.1, -0.05) is 124 Å². The average Bonchev–Trinajstić information content (AvgIpc) is 3.21. The van der Waals surface area contributed by atoms with E-state index in [0.29, 0.717) is 0 Å². The van der Waals surface area contributed by atoms with Gasteiger partial charge in [0.2, 0.25) is 0 Å². The Morgan fingerprint density at radius 1 is 0.561 bits per heavy atom. The summed E-state index contributed by atoms with van der Waals surface area (Å²) in [4.78, 5) is 0. The van der Waals surface area contributed by atoms with E-state index in [4.69, 9.17) is 11.5 Å². The lowest BCUT2D eigenvalue weighted by molar-refractivity contribution is 0.422.